The highest BCUT2D eigenvalue weighted by molar-refractivity contribution is 14.1. The third-order valence-corrected chi connectivity index (χ3v) is 23.8. The molecule has 0 saturated carbocycles. The Kier molecular flexibility index (Phi) is 32.2. The van der Waals surface area contributed by atoms with E-state index in [4.69, 9.17) is 56.5 Å². The van der Waals surface area contributed by atoms with Gasteiger partial charge in [0.05, 0.1) is 9.26 Å². The number of nitrogens with zero attached hydrogens (tertiary/aromatic N) is 2. The maximum Gasteiger partial charge on any atom is 0.489 e. The number of nitrogens with one attached hydrogen (secondary N) is 1. The van der Waals surface area contributed by atoms with E-state index in [-0.39, 0.29) is 26.5 Å². The van der Waals surface area contributed by atoms with E-state index >= 15 is 0 Å². The lowest BCUT2D eigenvalue weighted by molar-refractivity contribution is 0.425. The molecular weight excluding hydrogens is 1870 g/mol. The third-order valence-electron chi connectivity index (χ3n) is 15.7. The van der Waals surface area contributed by atoms with Gasteiger partial charge >= 0.3 is 7.12 Å². The molecule has 0 atom stereocenters. The largest absolute Gasteiger partial charge is 0.489 e. The Morgan fingerprint density at radius 3 is 1.26 bits per heavy atom. The van der Waals surface area contributed by atoms with Crippen LogP contribution in [0, 0.1) is 15.2 Å². The van der Waals surface area contributed by atoms with Gasteiger partial charge in [-0.3, -0.25) is 0 Å². The lowest BCUT2D eigenvalue weighted by Crippen LogP contribution is -2.30. The lowest BCUT2D eigenvalue weighted by Gasteiger charge is -2.27. The first-order chi connectivity index (χ1) is 50.8. The van der Waals surface area contributed by atoms with Crippen molar-refractivity contribution in [2.24, 2.45) is 0 Å². The smallest absolute Gasteiger partial charge is 0.423 e. The summed E-state index contributed by atoms with van der Waals surface area (Å²) < 4.78 is 35.5. The van der Waals surface area contributed by atoms with Crippen LogP contribution in [0.3, 0.4) is 0 Å². The van der Waals surface area contributed by atoms with Gasteiger partial charge in [-0.15, -0.1) is 47.9 Å². The van der Waals surface area contributed by atoms with Crippen LogP contribution < -0.4 is 20.6 Å². The average molecular weight is 1940 g/mol. The quantitative estimate of drug-likeness (QED) is 0.0311. The second-order valence-corrected chi connectivity index (χ2v) is 32.3. The van der Waals surface area contributed by atoms with Crippen molar-refractivity contribution in [3.05, 3.63) is 369 Å². The molecule has 0 spiro atoms. The van der Waals surface area contributed by atoms with Gasteiger partial charge in [0.1, 0.15) is 11.6 Å². The molecule has 2 heterocycles. The Balaban J connectivity index is 0.000000164. The van der Waals surface area contributed by atoms with Crippen molar-refractivity contribution in [1.29, 1.82) is 0 Å². The summed E-state index contributed by atoms with van der Waals surface area (Å²) in [4.78, 5) is 5.94. The number of rotatable bonds is 10. The van der Waals surface area contributed by atoms with Crippen LogP contribution in [0.4, 0.5) is 54.3 Å². The second kappa shape index (κ2) is 40.8. The normalized spacial score (nSPS) is 10.4. The molecule has 0 radical (unpaired) electrons. The fourth-order valence-electron chi connectivity index (χ4n) is 11.1. The SMILES string of the molecule is C.C.Clc1cc(Br)c2c(c1)sc1ccc(Br)cc12.Clc1cc(N(c2ccccc2)c2ccccc2)c2c(c1)sc1ccc(N(c3ccccc3)c3ccccc3)cc12.Fc1cc(Cl)cc(Br)c1-c1ccccc1S.Fc1cc(Cl)cc(Br)c1I.OB(O)c1ccccc1S.c1ccc(Nc2ccccc2)cc1. The van der Waals surface area contributed by atoms with Crippen LogP contribution in [0.1, 0.15) is 14.9 Å². The molecule has 0 saturated heterocycles. The molecule has 0 aliphatic carbocycles. The number of fused-ring (bicyclic) bond motifs is 6. The zero-order valence-corrected chi connectivity index (χ0v) is 69.7. The van der Waals surface area contributed by atoms with Crippen molar-refractivity contribution in [3.63, 3.8) is 0 Å². The van der Waals surface area contributed by atoms with Crippen LogP contribution in [0.15, 0.2) is 343 Å². The van der Waals surface area contributed by atoms with Crippen molar-refractivity contribution < 1.29 is 18.8 Å². The number of hydrogen-bond acceptors (Lipinski definition) is 9. The van der Waals surface area contributed by atoms with Crippen LogP contribution in [-0.2, 0) is 0 Å². The highest BCUT2D eigenvalue weighted by Gasteiger charge is 2.22. The van der Waals surface area contributed by atoms with E-state index in [1.165, 1.54) is 47.8 Å². The van der Waals surface area contributed by atoms with Gasteiger partial charge in [0.2, 0.25) is 0 Å². The van der Waals surface area contributed by atoms with Crippen molar-refractivity contribution in [1.82, 2.24) is 0 Å². The van der Waals surface area contributed by atoms with Crippen molar-refractivity contribution in [2.75, 3.05) is 15.1 Å². The molecule has 540 valence electrons. The predicted octanol–water partition coefficient (Wildman–Crippen LogP) is 31.3. The first-order valence-electron chi connectivity index (χ1n) is 32.0. The Hall–Kier alpha value is -6.73. The number of benzene rings is 14. The van der Waals surface area contributed by atoms with E-state index in [1.807, 2.05) is 132 Å². The molecule has 16 aromatic rings. The molecule has 0 fully saturated rings. The molecule has 16 rings (SSSR count). The number of thiophene rings is 2. The number of hydrogen-bond donors (Lipinski definition) is 5. The number of para-hydroxylation sites is 6. The number of thiol groups is 2. The fraction of sp³-hybridized carbons (Fsp3) is 0.0233. The molecule has 0 aliphatic heterocycles. The minimum absolute atomic E-state index is 0. The summed E-state index contributed by atoms with van der Waals surface area (Å²) in [6.07, 6.45) is 0. The van der Waals surface area contributed by atoms with Crippen LogP contribution in [0.25, 0.3) is 51.5 Å². The van der Waals surface area contributed by atoms with E-state index in [0.717, 1.165) is 79.6 Å². The maximum absolute atomic E-state index is 13.8. The number of anilines is 8. The first kappa shape index (κ1) is 84.3. The topological polar surface area (TPSA) is 59.0 Å². The van der Waals surface area contributed by atoms with Crippen LogP contribution in [-0.4, -0.2) is 17.2 Å². The molecule has 0 unspecified atom stereocenters. The van der Waals surface area contributed by atoms with E-state index < -0.39 is 7.12 Å². The Morgan fingerprint density at radius 1 is 0.383 bits per heavy atom. The van der Waals surface area contributed by atoms with E-state index in [1.54, 1.807) is 59.1 Å². The monoisotopic (exact) mass is 1930 g/mol. The molecule has 0 aliphatic rings. The standard InChI is InChI=1S/C36H25ClN2S.C12H5Br2ClS.C12H7BrClFS.C12H11N.C6H7BO2S.C6H2BrClFI.2CH4/c37-26-23-33(39(29-17-9-3-10-18-29)30-19-11-4-12-20-30)36-32-25-31(21-22-34(32)40-35(36)24-26)38(27-13-5-1-6-14-27)28-15-7-2-8-16-28;13-6-1-2-10-8(3-6)12-9(14)4-7(15)5-11(12)16-10;13-9-5-7(14)6-10(15)12(9)8-3-1-2-4-11(8)16;1-3-7-11(8-4-1)13-12-9-5-2-6-10-12;8-7(9)5-3-1-2-4-6(5)10;7-4-1-3(8)2-5(9)6(4)10;;/h1-25H;1-5H;1-6,16H;1-10,13H;1-4,8-10H;1-2H;2*1H4. The van der Waals surface area contributed by atoms with Crippen LogP contribution in [0.5, 0.6) is 0 Å². The molecule has 3 N–H and O–H groups in total. The van der Waals surface area contributed by atoms with E-state index in [0.29, 0.717) is 38.5 Å². The summed E-state index contributed by atoms with van der Waals surface area (Å²) in [5.41, 5.74) is 10.5. The van der Waals surface area contributed by atoms with Gasteiger partial charge < -0.3 is 25.2 Å². The fourth-order valence-corrected chi connectivity index (χ4v) is 17.8. The zero-order valence-electron chi connectivity index (χ0n) is 54.8. The van der Waals surface area contributed by atoms with Crippen LogP contribution in [0.2, 0.25) is 20.1 Å². The molecule has 0 bridgehead atoms. The second-order valence-electron chi connectivity index (χ2n) is 22.8. The molecule has 107 heavy (non-hydrogen) atoms. The van der Waals surface area contributed by atoms with Gasteiger partial charge in [-0.2, -0.15) is 0 Å². The molecule has 14 aromatic carbocycles. The summed E-state index contributed by atoms with van der Waals surface area (Å²) in [5.74, 6) is -0.652. The van der Waals surface area contributed by atoms with E-state index in [2.05, 4.69) is 262 Å². The van der Waals surface area contributed by atoms with Gasteiger partial charge in [-0.05, 0) is 235 Å². The molecule has 2 aromatic heterocycles. The van der Waals surface area contributed by atoms with Gasteiger partial charge in [0, 0.05) is 133 Å². The molecular formula is C86H65BBr4Cl4F2IN3O2S4. The summed E-state index contributed by atoms with van der Waals surface area (Å²) in [6, 6.07) is 104. The summed E-state index contributed by atoms with van der Waals surface area (Å²) in [5, 5.41) is 27.9. The van der Waals surface area contributed by atoms with Gasteiger partial charge in [-0.1, -0.05) is 239 Å². The average Bonchev–Trinajstić information content (AvgIpc) is 1.62. The highest BCUT2D eigenvalue weighted by atomic mass is 127. The lowest BCUT2D eigenvalue weighted by atomic mass is 9.80. The summed E-state index contributed by atoms with van der Waals surface area (Å²) in [6.45, 7) is 0. The van der Waals surface area contributed by atoms with Gasteiger partial charge in [-0.25, -0.2) is 8.78 Å². The Morgan fingerprint density at radius 2 is 0.785 bits per heavy atom. The molecule has 21 heteroatoms. The number of halogens is 11. The first-order valence-corrected chi connectivity index (χ1v) is 40.2. The Labute approximate surface area is 709 Å². The van der Waals surface area contributed by atoms with Gasteiger partial charge in [0.25, 0.3) is 0 Å². The van der Waals surface area contributed by atoms with E-state index in [9.17, 15) is 8.78 Å². The minimum atomic E-state index is -1.42. The van der Waals surface area contributed by atoms with Crippen molar-refractivity contribution in [2.45, 2.75) is 24.6 Å². The van der Waals surface area contributed by atoms with Crippen molar-refractivity contribution >= 4 is 279 Å². The predicted molar refractivity (Wildman–Crippen MR) is 490 cm³/mol. The van der Waals surface area contributed by atoms with Crippen LogP contribution >= 0.6 is 181 Å². The maximum atomic E-state index is 13.8. The minimum Gasteiger partial charge on any atom is -0.423 e. The summed E-state index contributed by atoms with van der Waals surface area (Å²) in [7, 11) is -1.42. The Bertz CT molecular complexity index is 5440. The third kappa shape index (κ3) is 22.3. The van der Waals surface area contributed by atoms with Crippen molar-refractivity contribution in [3.8, 4) is 11.1 Å². The highest BCUT2D eigenvalue weighted by Crippen LogP contribution is 2.49. The zero-order chi connectivity index (χ0) is 74.1. The molecule has 0 amide bonds. The summed E-state index contributed by atoms with van der Waals surface area (Å²) >= 11 is 51.5. The molecule has 5 nitrogen and oxygen atoms in total. The van der Waals surface area contributed by atoms with Gasteiger partial charge in [0.15, 0.2) is 0 Å².